The van der Waals surface area contributed by atoms with Crippen molar-refractivity contribution >= 4 is 56.4 Å². The number of hydrogen-bond donors (Lipinski definition) is 2. The van der Waals surface area contributed by atoms with Gasteiger partial charge in [-0.05, 0) is 77.3 Å². The van der Waals surface area contributed by atoms with E-state index in [2.05, 4.69) is 26.6 Å². The van der Waals surface area contributed by atoms with Crippen LogP contribution in [0.2, 0.25) is 10.0 Å². The van der Waals surface area contributed by atoms with Crippen LogP contribution in [-0.4, -0.2) is 19.1 Å². The Morgan fingerprint density at radius 1 is 1.03 bits per heavy atom. The first-order valence-corrected chi connectivity index (χ1v) is 11.5. The lowest BCUT2D eigenvalue weighted by Crippen LogP contribution is -2.20. The third-order valence-corrected chi connectivity index (χ3v) is 5.85. The lowest BCUT2D eigenvalue weighted by Gasteiger charge is -2.16. The molecule has 1 amide bonds. The van der Waals surface area contributed by atoms with Crippen molar-refractivity contribution in [3.8, 4) is 11.5 Å². The molecule has 0 aliphatic rings. The van der Waals surface area contributed by atoms with Crippen LogP contribution < -0.4 is 20.1 Å². The van der Waals surface area contributed by atoms with E-state index in [1.807, 2.05) is 56.3 Å². The molecule has 0 bridgehead atoms. The summed E-state index contributed by atoms with van der Waals surface area (Å²) in [6, 6.07) is 16.7. The molecular formula is C24H23BrCl2N2O3. The molecule has 0 spiro atoms. The summed E-state index contributed by atoms with van der Waals surface area (Å²) in [4.78, 5) is 12.4. The molecule has 0 aliphatic heterocycles. The molecule has 0 saturated carbocycles. The minimum atomic E-state index is -0.302. The molecule has 3 aromatic carbocycles. The minimum absolute atomic E-state index is 0.179. The Balaban J connectivity index is 1.68. The van der Waals surface area contributed by atoms with Gasteiger partial charge in [-0.15, -0.1) is 0 Å². The molecule has 8 heteroatoms. The maximum Gasteiger partial charge on any atom is 0.262 e. The molecule has 2 N–H and O–H groups in total. The molecule has 0 aliphatic carbocycles. The molecule has 0 heterocycles. The molecule has 0 fully saturated rings. The van der Waals surface area contributed by atoms with Crippen LogP contribution in [0.1, 0.15) is 18.1 Å². The van der Waals surface area contributed by atoms with Crippen LogP contribution in [0, 0.1) is 6.92 Å². The molecule has 0 atom stereocenters. The lowest BCUT2D eigenvalue weighted by molar-refractivity contribution is -0.118. The highest BCUT2D eigenvalue weighted by atomic mass is 79.9. The zero-order valence-corrected chi connectivity index (χ0v) is 20.8. The van der Waals surface area contributed by atoms with Crippen molar-refractivity contribution in [2.45, 2.75) is 20.4 Å². The third-order valence-electron chi connectivity index (χ3n) is 4.53. The molecule has 3 rings (SSSR count). The summed E-state index contributed by atoms with van der Waals surface area (Å²) in [5.74, 6) is 0.707. The summed E-state index contributed by atoms with van der Waals surface area (Å²) in [6.07, 6.45) is 0. The van der Waals surface area contributed by atoms with Gasteiger partial charge in [0.15, 0.2) is 18.1 Å². The van der Waals surface area contributed by atoms with Gasteiger partial charge in [0, 0.05) is 17.3 Å². The normalized spacial score (nSPS) is 10.5. The Labute approximate surface area is 206 Å². The van der Waals surface area contributed by atoms with Gasteiger partial charge in [-0.2, -0.15) is 0 Å². The van der Waals surface area contributed by atoms with Gasteiger partial charge in [-0.3, -0.25) is 4.79 Å². The molecule has 0 saturated heterocycles. The predicted octanol–water partition coefficient (Wildman–Crippen LogP) is 7.09. The number of carbonyl (C=O) groups excluding carboxylic acids is 1. The van der Waals surface area contributed by atoms with Gasteiger partial charge >= 0.3 is 0 Å². The molecule has 3 aromatic rings. The molecule has 5 nitrogen and oxygen atoms in total. The van der Waals surface area contributed by atoms with Gasteiger partial charge in [0.2, 0.25) is 0 Å². The maximum atomic E-state index is 12.4. The average molecular weight is 538 g/mol. The highest BCUT2D eigenvalue weighted by Crippen LogP contribution is 2.37. The largest absolute Gasteiger partial charge is 0.490 e. The van der Waals surface area contributed by atoms with E-state index in [0.717, 1.165) is 16.8 Å². The fourth-order valence-corrected chi connectivity index (χ4v) is 3.92. The van der Waals surface area contributed by atoms with Crippen LogP contribution in [0.3, 0.4) is 0 Å². The number of rotatable bonds is 9. The fraction of sp³-hybridized carbons (Fsp3) is 0.208. The number of hydrogen-bond acceptors (Lipinski definition) is 4. The second kappa shape index (κ2) is 11.5. The van der Waals surface area contributed by atoms with Crippen molar-refractivity contribution in [1.29, 1.82) is 0 Å². The van der Waals surface area contributed by atoms with Gasteiger partial charge in [-0.1, -0.05) is 41.4 Å². The summed E-state index contributed by atoms with van der Waals surface area (Å²) in [6.45, 7) is 4.61. The summed E-state index contributed by atoms with van der Waals surface area (Å²) >= 11 is 15.9. The number of amides is 1. The quantitative estimate of drug-likeness (QED) is 0.306. The summed E-state index contributed by atoms with van der Waals surface area (Å²) in [7, 11) is 0. The predicted molar refractivity (Wildman–Crippen MR) is 134 cm³/mol. The minimum Gasteiger partial charge on any atom is -0.490 e. The Morgan fingerprint density at radius 3 is 2.53 bits per heavy atom. The van der Waals surface area contributed by atoms with Gasteiger partial charge in [0.05, 0.1) is 21.8 Å². The van der Waals surface area contributed by atoms with Crippen molar-refractivity contribution < 1.29 is 14.3 Å². The number of carbonyl (C=O) groups is 1. The van der Waals surface area contributed by atoms with Gasteiger partial charge in [0.25, 0.3) is 5.91 Å². The SMILES string of the molecule is CCOc1cc(CNc2ccccc2Cl)cc(Br)c1OCC(=O)Nc1ccc(C)c(Cl)c1. The first-order chi connectivity index (χ1) is 15.4. The summed E-state index contributed by atoms with van der Waals surface area (Å²) in [5.41, 5.74) is 3.36. The molecule has 0 radical (unpaired) electrons. The van der Waals surface area contributed by atoms with Crippen LogP contribution in [0.5, 0.6) is 11.5 Å². The van der Waals surface area contributed by atoms with E-state index in [9.17, 15) is 4.79 Å². The highest BCUT2D eigenvalue weighted by molar-refractivity contribution is 9.10. The highest BCUT2D eigenvalue weighted by Gasteiger charge is 2.15. The van der Waals surface area contributed by atoms with Crippen molar-refractivity contribution in [1.82, 2.24) is 0 Å². The van der Waals surface area contributed by atoms with Crippen molar-refractivity contribution in [3.63, 3.8) is 0 Å². The monoisotopic (exact) mass is 536 g/mol. The van der Waals surface area contributed by atoms with Gasteiger partial charge in [0.1, 0.15) is 0 Å². The third kappa shape index (κ3) is 6.55. The van der Waals surface area contributed by atoms with E-state index in [4.69, 9.17) is 32.7 Å². The van der Waals surface area contributed by atoms with Gasteiger partial charge < -0.3 is 20.1 Å². The van der Waals surface area contributed by atoms with Crippen molar-refractivity contribution in [3.05, 3.63) is 80.2 Å². The molecule has 168 valence electrons. The fourth-order valence-electron chi connectivity index (χ4n) is 2.93. The van der Waals surface area contributed by atoms with E-state index in [1.165, 1.54) is 0 Å². The van der Waals surface area contributed by atoms with Gasteiger partial charge in [-0.25, -0.2) is 0 Å². The van der Waals surface area contributed by atoms with Crippen molar-refractivity contribution in [2.24, 2.45) is 0 Å². The summed E-state index contributed by atoms with van der Waals surface area (Å²) in [5, 5.41) is 7.33. The Bertz CT molecular complexity index is 1110. The first-order valence-electron chi connectivity index (χ1n) is 9.99. The lowest BCUT2D eigenvalue weighted by atomic mass is 10.2. The Morgan fingerprint density at radius 2 is 1.81 bits per heavy atom. The standard InChI is InChI=1S/C24H23BrCl2N2O3/c1-3-31-22-11-16(13-28-21-7-5-4-6-19(21)26)10-18(25)24(22)32-14-23(30)29-17-9-8-15(2)20(27)12-17/h4-12,28H,3,13-14H2,1-2H3,(H,29,30). The maximum absolute atomic E-state index is 12.4. The molecule has 0 unspecified atom stereocenters. The van der Waals surface area contributed by atoms with Crippen LogP contribution in [0.15, 0.2) is 59.1 Å². The molecule has 0 aromatic heterocycles. The first kappa shape index (κ1) is 24.2. The second-order valence-electron chi connectivity index (χ2n) is 6.97. The number of ether oxygens (including phenoxy) is 2. The van der Waals surface area contributed by atoms with E-state index in [1.54, 1.807) is 12.1 Å². The van der Waals surface area contributed by atoms with Crippen LogP contribution >= 0.6 is 39.1 Å². The zero-order chi connectivity index (χ0) is 23.1. The molecular weight excluding hydrogens is 515 g/mol. The number of anilines is 2. The average Bonchev–Trinajstić information content (AvgIpc) is 2.75. The zero-order valence-electron chi connectivity index (χ0n) is 17.7. The Kier molecular flexibility index (Phi) is 8.67. The van der Waals surface area contributed by atoms with E-state index in [0.29, 0.717) is 44.9 Å². The second-order valence-corrected chi connectivity index (χ2v) is 8.64. The molecule has 32 heavy (non-hydrogen) atoms. The number of nitrogens with one attached hydrogen (secondary N) is 2. The smallest absolute Gasteiger partial charge is 0.262 e. The van der Waals surface area contributed by atoms with Crippen LogP contribution in [0.4, 0.5) is 11.4 Å². The van der Waals surface area contributed by atoms with E-state index >= 15 is 0 Å². The van der Waals surface area contributed by atoms with E-state index in [-0.39, 0.29) is 12.5 Å². The number of para-hydroxylation sites is 1. The van der Waals surface area contributed by atoms with Crippen LogP contribution in [0.25, 0.3) is 0 Å². The number of halogens is 3. The van der Waals surface area contributed by atoms with Crippen LogP contribution in [-0.2, 0) is 11.3 Å². The van der Waals surface area contributed by atoms with E-state index < -0.39 is 0 Å². The Hall–Kier alpha value is -2.41. The van der Waals surface area contributed by atoms with Crippen molar-refractivity contribution in [2.75, 3.05) is 23.8 Å². The summed E-state index contributed by atoms with van der Waals surface area (Å²) < 4.78 is 12.2. The number of benzene rings is 3. The topological polar surface area (TPSA) is 59.6 Å². The number of aryl methyl sites for hydroxylation is 1.